The first-order valence-corrected chi connectivity index (χ1v) is 4.76. The fourth-order valence-corrected chi connectivity index (χ4v) is 1.54. The van der Waals surface area contributed by atoms with Crippen molar-refractivity contribution < 1.29 is 18.3 Å². The van der Waals surface area contributed by atoms with Gasteiger partial charge in [0.1, 0.15) is 0 Å². The molecular formula is C8H4Cl3F3O. The SMILES string of the molecule is OC(c1cc(Cl)c(Cl)c(Cl)c1)C(F)(F)F. The van der Waals surface area contributed by atoms with Crippen LogP contribution in [0.3, 0.4) is 0 Å². The van der Waals surface area contributed by atoms with Crippen LogP contribution in [0.4, 0.5) is 13.2 Å². The summed E-state index contributed by atoms with van der Waals surface area (Å²) in [6, 6.07) is 1.85. The second-order valence-electron chi connectivity index (χ2n) is 2.74. The average Bonchev–Trinajstić information content (AvgIpc) is 2.10. The standard InChI is InChI=1S/C8H4Cl3F3O/c9-4-1-3(2-5(10)6(4)11)7(15)8(12,13)14/h1-2,7,15H. The zero-order valence-electron chi connectivity index (χ0n) is 6.95. The number of hydrogen-bond donors (Lipinski definition) is 1. The number of hydrogen-bond acceptors (Lipinski definition) is 1. The van der Waals surface area contributed by atoms with Gasteiger partial charge in [0.15, 0.2) is 6.10 Å². The van der Waals surface area contributed by atoms with Crippen molar-refractivity contribution in [2.24, 2.45) is 0 Å². The van der Waals surface area contributed by atoms with Gasteiger partial charge in [-0.3, -0.25) is 0 Å². The molecule has 0 aliphatic carbocycles. The van der Waals surface area contributed by atoms with Crippen LogP contribution in [0.15, 0.2) is 12.1 Å². The molecule has 1 nitrogen and oxygen atoms in total. The van der Waals surface area contributed by atoms with Gasteiger partial charge in [0.05, 0.1) is 15.1 Å². The number of aliphatic hydroxyl groups is 1. The molecule has 0 fully saturated rings. The lowest BCUT2D eigenvalue weighted by Crippen LogP contribution is -2.20. The molecule has 1 unspecified atom stereocenters. The van der Waals surface area contributed by atoms with Crippen LogP contribution >= 0.6 is 34.8 Å². The Hall–Kier alpha value is -0.160. The van der Waals surface area contributed by atoms with Crippen LogP contribution in [0.5, 0.6) is 0 Å². The molecule has 84 valence electrons. The Labute approximate surface area is 98.4 Å². The van der Waals surface area contributed by atoms with Crippen LogP contribution in [0.2, 0.25) is 15.1 Å². The highest BCUT2D eigenvalue weighted by Crippen LogP contribution is 2.38. The molecule has 15 heavy (non-hydrogen) atoms. The predicted molar refractivity (Wildman–Crippen MR) is 52.5 cm³/mol. The van der Waals surface area contributed by atoms with E-state index in [0.717, 1.165) is 12.1 Å². The van der Waals surface area contributed by atoms with Gasteiger partial charge in [0.2, 0.25) is 0 Å². The van der Waals surface area contributed by atoms with Gasteiger partial charge in [-0.25, -0.2) is 0 Å². The molecular weight excluding hydrogens is 275 g/mol. The number of benzene rings is 1. The highest BCUT2D eigenvalue weighted by molar-refractivity contribution is 6.48. The average molecular weight is 279 g/mol. The summed E-state index contributed by atoms with van der Waals surface area (Å²) in [5.74, 6) is 0. The van der Waals surface area contributed by atoms with Crippen molar-refractivity contribution in [1.82, 2.24) is 0 Å². The molecule has 0 spiro atoms. The van der Waals surface area contributed by atoms with E-state index in [9.17, 15) is 13.2 Å². The van der Waals surface area contributed by atoms with E-state index in [0.29, 0.717) is 0 Å². The highest BCUT2D eigenvalue weighted by atomic mass is 35.5. The summed E-state index contributed by atoms with van der Waals surface area (Å²) in [5, 5.41) is 8.59. The molecule has 0 aliphatic heterocycles. The Morgan fingerprint density at radius 3 is 1.80 bits per heavy atom. The van der Waals surface area contributed by atoms with Gasteiger partial charge in [-0.15, -0.1) is 0 Å². The van der Waals surface area contributed by atoms with Crippen molar-refractivity contribution in [3.63, 3.8) is 0 Å². The van der Waals surface area contributed by atoms with E-state index >= 15 is 0 Å². The molecule has 1 atom stereocenters. The van der Waals surface area contributed by atoms with Gasteiger partial charge < -0.3 is 5.11 Å². The van der Waals surface area contributed by atoms with Gasteiger partial charge in [-0.1, -0.05) is 34.8 Å². The second kappa shape index (κ2) is 4.37. The fourth-order valence-electron chi connectivity index (χ4n) is 0.922. The maximum absolute atomic E-state index is 12.1. The highest BCUT2D eigenvalue weighted by Gasteiger charge is 2.39. The lowest BCUT2D eigenvalue weighted by atomic mass is 10.1. The van der Waals surface area contributed by atoms with Crippen molar-refractivity contribution in [3.8, 4) is 0 Å². The molecule has 0 aromatic heterocycles. The number of aliphatic hydroxyl groups excluding tert-OH is 1. The molecule has 1 rings (SSSR count). The van der Waals surface area contributed by atoms with Gasteiger partial charge in [0.25, 0.3) is 0 Å². The summed E-state index contributed by atoms with van der Waals surface area (Å²) in [6.07, 6.45) is -7.38. The smallest absolute Gasteiger partial charge is 0.379 e. The van der Waals surface area contributed by atoms with E-state index in [1.54, 1.807) is 0 Å². The molecule has 0 radical (unpaired) electrons. The summed E-state index contributed by atoms with van der Waals surface area (Å²) >= 11 is 16.6. The van der Waals surface area contributed by atoms with Crippen molar-refractivity contribution >= 4 is 34.8 Å². The number of rotatable bonds is 1. The van der Waals surface area contributed by atoms with Crippen LogP contribution in [0, 0.1) is 0 Å². The molecule has 1 aromatic rings. The quantitative estimate of drug-likeness (QED) is 0.762. The minimum atomic E-state index is -4.76. The predicted octanol–water partition coefficient (Wildman–Crippen LogP) is 4.24. The Balaban J connectivity index is 3.17. The van der Waals surface area contributed by atoms with E-state index in [1.165, 1.54) is 0 Å². The normalized spacial score (nSPS) is 14.1. The van der Waals surface area contributed by atoms with E-state index in [1.807, 2.05) is 0 Å². The second-order valence-corrected chi connectivity index (χ2v) is 3.94. The summed E-state index contributed by atoms with van der Waals surface area (Å²) < 4.78 is 36.4. The Kier molecular flexibility index (Phi) is 3.76. The Bertz CT molecular complexity index is 355. The maximum atomic E-state index is 12.1. The molecule has 0 heterocycles. The first kappa shape index (κ1) is 12.9. The zero-order valence-corrected chi connectivity index (χ0v) is 9.21. The first-order chi connectivity index (χ1) is 6.73. The lowest BCUT2D eigenvalue weighted by molar-refractivity contribution is -0.206. The first-order valence-electron chi connectivity index (χ1n) is 3.62. The van der Waals surface area contributed by atoms with Crippen molar-refractivity contribution in [3.05, 3.63) is 32.8 Å². The third-order valence-corrected chi connectivity index (χ3v) is 2.83. The minimum Gasteiger partial charge on any atom is -0.379 e. The zero-order chi connectivity index (χ0) is 11.8. The van der Waals surface area contributed by atoms with Crippen molar-refractivity contribution in [2.75, 3.05) is 0 Å². The molecule has 7 heteroatoms. The fraction of sp³-hybridized carbons (Fsp3) is 0.250. The van der Waals surface area contributed by atoms with Crippen LogP contribution in [-0.2, 0) is 0 Å². The molecule has 0 amide bonds. The molecule has 0 saturated carbocycles. The largest absolute Gasteiger partial charge is 0.418 e. The molecule has 1 N–H and O–H groups in total. The van der Waals surface area contributed by atoms with E-state index in [2.05, 4.69) is 0 Å². The van der Waals surface area contributed by atoms with Gasteiger partial charge >= 0.3 is 6.18 Å². The van der Waals surface area contributed by atoms with Gasteiger partial charge in [-0.05, 0) is 17.7 Å². The summed E-state index contributed by atoms with van der Waals surface area (Å²) in [4.78, 5) is 0. The topological polar surface area (TPSA) is 20.2 Å². The maximum Gasteiger partial charge on any atom is 0.418 e. The Morgan fingerprint density at radius 2 is 1.47 bits per heavy atom. The molecule has 0 saturated heterocycles. The summed E-state index contributed by atoms with van der Waals surface area (Å²) in [5.41, 5.74) is -0.443. The van der Waals surface area contributed by atoms with E-state index < -0.39 is 17.8 Å². The minimum absolute atomic E-state index is 0.0449. The molecule has 0 aliphatic rings. The van der Waals surface area contributed by atoms with Gasteiger partial charge in [0, 0.05) is 0 Å². The van der Waals surface area contributed by atoms with Crippen molar-refractivity contribution in [2.45, 2.75) is 12.3 Å². The van der Waals surface area contributed by atoms with Crippen LogP contribution in [0.1, 0.15) is 11.7 Å². The summed E-state index contributed by atoms with van der Waals surface area (Å²) in [7, 11) is 0. The third kappa shape index (κ3) is 2.91. The van der Waals surface area contributed by atoms with E-state index in [-0.39, 0.29) is 15.1 Å². The van der Waals surface area contributed by atoms with Crippen molar-refractivity contribution in [1.29, 1.82) is 0 Å². The summed E-state index contributed by atoms with van der Waals surface area (Å²) in [6.45, 7) is 0. The van der Waals surface area contributed by atoms with Crippen LogP contribution in [-0.4, -0.2) is 11.3 Å². The monoisotopic (exact) mass is 278 g/mol. The number of alkyl halides is 3. The van der Waals surface area contributed by atoms with E-state index in [4.69, 9.17) is 39.9 Å². The van der Waals surface area contributed by atoms with Crippen LogP contribution in [0.25, 0.3) is 0 Å². The molecule has 1 aromatic carbocycles. The Morgan fingerprint density at radius 1 is 1.07 bits per heavy atom. The molecule has 0 bridgehead atoms. The number of halogens is 6. The van der Waals surface area contributed by atoms with Gasteiger partial charge in [-0.2, -0.15) is 13.2 Å². The van der Waals surface area contributed by atoms with Crippen LogP contribution < -0.4 is 0 Å². The lowest BCUT2D eigenvalue weighted by Gasteiger charge is -2.15. The third-order valence-electron chi connectivity index (χ3n) is 1.63.